The van der Waals surface area contributed by atoms with Crippen LogP contribution in [0.1, 0.15) is 6.92 Å². The van der Waals surface area contributed by atoms with Crippen molar-refractivity contribution < 1.29 is 5.11 Å². The molecule has 0 saturated heterocycles. The molecule has 0 atom stereocenters. The number of hydrogen-bond donors (Lipinski definition) is 2. The molecule has 4 heteroatoms. The number of hydrogen-bond acceptors (Lipinski definition) is 3. The highest BCUT2D eigenvalue weighted by Gasteiger charge is 2.06. The van der Waals surface area contributed by atoms with Crippen LogP contribution in [0.5, 0.6) is 5.75 Å². The van der Waals surface area contributed by atoms with Gasteiger partial charge in [0, 0.05) is 18.1 Å². The third kappa shape index (κ3) is 0.956. The molecule has 2 aromatic rings. The van der Waals surface area contributed by atoms with Crippen LogP contribution in [-0.2, 0) is 0 Å². The largest absolute Gasteiger partial charge is 0.505 e. The van der Waals surface area contributed by atoms with Crippen LogP contribution in [0.25, 0.3) is 10.2 Å². The molecule has 0 aliphatic carbocycles. The maximum atomic E-state index is 9.46. The van der Waals surface area contributed by atoms with Crippen LogP contribution in [0, 0.1) is 0 Å². The van der Waals surface area contributed by atoms with E-state index in [1.165, 1.54) is 0 Å². The third-order valence-electron chi connectivity index (χ3n) is 1.72. The molecule has 3 nitrogen and oxygen atoms in total. The minimum absolute atomic E-state index is 0.348. The van der Waals surface area contributed by atoms with Gasteiger partial charge >= 0.3 is 0 Å². The molecule has 0 fully saturated rings. The second kappa shape index (κ2) is 2.71. The van der Waals surface area contributed by atoms with Crippen molar-refractivity contribution in [1.29, 1.82) is 0 Å². The minimum atomic E-state index is 0.348. The molecule has 2 N–H and O–H groups in total. The van der Waals surface area contributed by atoms with Crippen LogP contribution in [0.15, 0.2) is 17.6 Å². The molecule has 0 bridgehead atoms. The molecule has 2 rings (SSSR count). The number of nitrogens with zero attached hydrogens (tertiary/aromatic N) is 1. The fourth-order valence-corrected chi connectivity index (χ4v) is 2.04. The summed E-state index contributed by atoms with van der Waals surface area (Å²) >= 11 is 1.55. The average Bonchev–Trinajstić information content (AvgIpc) is 2.58. The molecule has 0 aliphatic heterocycles. The van der Waals surface area contributed by atoms with Crippen molar-refractivity contribution in [3.63, 3.8) is 0 Å². The van der Waals surface area contributed by atoms with E-state index in [2.05, 4.69) is 5.43 Å². The van der Waals surface area contributed by atoms with Gasteiger partial charge in [-0.05, 0) is 13.0 Å². The fraction of sp³-hybridized carbons (Fsp3) is 0.250. The first-order valence-corrected chi connectivity index (χ1v) is 4.72. The molecular weight excluding hydrogens is 172 g/mol. The zero-order chi connectivity index (χ0) is 8.55. The van der Waals surface area contributed by atoms with Crippen LogP contribution >= 0.6 is 11.3 Å². The van der Waals surface area contributed by atoms with Gasteiger partial charge in [0.2, 0.25) is 0 Å². The van der Waals surface area contributed by atoms with Crippen molar-refractivity contribution >= 4 is 21.6 Å². The van der Waals surface area contributed by atoms with Gasteiger partial charge in [0.25, 0.3) is 0 Å². The van der Waals surface area contributed by atoms with E-state index in [4.69, 9.17) is 0 Å². The van der Waals surface area contributed by atoms with Crippen LogP contribution in [0.3, 0.4) is 0 Å². The molecule has 12 heavy (non-hydrogen) atoms. The lowest BCUT2D eigenvalue weighted by molar-refractivity contribution is 0.481. The van der Waals surface area contributed by atoms with Crippen molar-refractivity contribution in [2.24, 2.45) is 0 Å². The second-order valence-electron chi connectivity index (χ2n) is 2.53. The highest BCUT2D eigenvalue weighted by molar-refractivity contribution is 7.17. The summed E-state index contributed by atoms with van der Waals surface area (Å²) in [5, 5.41) is 11.2. The van der Waals surface area contributed by atoms with Gasteiger partial charge in [0.05, 0.1) is 4.70 Å². The first-order valence-electron chi connectivity index (χ1n) is 3.84. The summed E-state index contributed by atoms with van der Waals surface area (Å²) in [5.41, 5.74) is 4.00. The number of rotatable bonds is 2. The van der Waals surface area contributed by atoms with E-state index in [1.54, 1.807) is 16.7 Å². The normalized spacial score (nSPS) is 10.8. The van der Waals surface area contributed by atoms with E-state index in [9.17, 15) is 5.11 Å². The topological polar surface area (TPSA) is 37.2 Å². The van der Waals surface area contributed by atoms with Gasteiger partial charge in [0.15, 0.2) is 5.75 Å². The highest BCUT2D eigenvalue weighted by atomic mass is 32.1. The zero-order valence-corrected chi connectivity index (χ0v) is 7.56. The van der Waals surface area contributed by atoms with E-state index in [0.717, 1.165) is 16.8 Å². The first kappa shape index (κ1) is 7.49. The van der Waals surface area contributed by atoms with Crippen LogP contribution in [0.4, 0.5) is 0 Å². The standard InChI is InChI=1S/C8H10N2OS/c1-2-9-10-4-3-7-8(10)6(11)5-12-7/h3-5,9,11H,2H2,1H3. The molecule has 64 valence electrons. The summed E-state index contributed by atoms with van der Waals surface area (Å²) in [4.78, 5) is 0. The van der Waals surface area contributed by atoms with E-state index < -0.39 is 0 Å². The van der Waals surface area contributed by atoms with Gasteiger partial charge in [-0.25, -0.2) is 0 Å². The minimum Gasteiger partial charge on any atom is -0.505 e. The lowest BCUT2D eigenvalue weighted by Crippen LogP contribution is -2.11. The summed E-state index contributed by atoms with van der Waals surface area (Å²) in [6, 6.07) is 1.99. The zero-order valence-electron chi connectivity index (χ0n) is 6.74. The monoisotopic (exact) mass is 182 g/mol. The molecule has 2 heterocycles. The van der Waals surface area contributed by atoms with Crippen molar-refractivity contribution in [3.8, 4) is 5.75 Å². The van der Waals surface area contributed by atoms with Crippen molar-refractivity contribution in [1.82, 2.24) is 4.68 Å². The predicted molar refractivity (Wildman–Crippen MR) is 51.4 cm³/mol. The maximum Gasteiger partial charge on any atom is 0.152 e. The molecule has 0 aromatic carbocycles. The molecule has 0 aliphatic rings. The molecule has 0 radical (unpaired) electrons. The van der Waals surface area contributed by atoms with Crippen LogP contribution in [-0.4, -0.2) is 16.3 Å². The maximum absolute atomic E-state index is 9.46. The number of aromatic nitrogens is 1. The van der Waals surface area contributed by atoms with Gasteiger partial charge in [-0.2, -0.15) is 0 Å². The summed E-state index contributed by atoms with van der Waals surface area (Å²) in [5.74, 6) is 0.348. The van der Waals surface area contributed by atoms with Gasteiger partial charge in [-0.15, -0.1) is 11.3 Å². The number of aromatic hydroxyl groups is 1. The van der Waals surface area contributed by atoms with Gasteiger partial charge in [-0.3, -0.25) is 4.68 Å². The smallest absolute Gasteiger partial charge is 0.152 e. The van der Waals surface area contributed by atoms with E-state index >= 15 is 0 Å². The molecule has 0 spiro atoms. The van der Waals surface area contributed by atoms with E-state index in [0.29, 0.717) is 5.75 Å². The molecule has 0 saturated carbocycles. The molecule has 0 unspecified atom stereocenters. The Morgan fingerprint density at radius 1 is 1.67 bits per heavy atom. The van der Waals surface area contributed by atoms with Crippen LogP contribution in [0.2, 0.25) is 0 Å². The van der Waals surface area contributed by atoms with Crippen LogP contribution < -0.4 is 5.43 Å². The summed E-state index contributed by atoms with van der Waals surface area (Å²) in [7, 11) is 0. The highest BCUT2D eigenvalue weighted by Crippen LogP contribution is 2.31. The quantitative estimate of drug-likeness (QED) is 0.745. The molecular formula is C8H10N2OS. The van der Waals surface area contributed by atoms with E-state index in [1.807, 2.05) is 23.9 Å². The van der Waals surface area contributed by atoms with Gasteiger partial charge < -0.3 is 10.5 Å². The Bertz CT molecular complexity index is 391. The van der Waals surface area contributed by atoms with Crippen molar-refractivity contribution in [2.45, 2.75) is 6.92 Å². The summed E-state index contributed by atoms with van der Waals surface area (Å²) in [6.07, 6.45) is 1.92. The average molecular weight is 182 g/mol. The lowest BCUT2D eigenvalue weighted by atomic mass is 10.5. The van der Waals surface area contributed by atoms with E-state index in [-0.39, 0.29) is 0 Å². The third-order valence-corrected chi connectivity index (χ3v) is 2.64. The van der Waals surface area contributed by atoms with Gasteiger partial charge in [-0.1, -0.05) is 0 Å². The van der Waals surface area contributed by atoms with Crippen molar-refractivity contribution in [3.05, 3.63) is 17.6 Å². The fourth-order valence-electron chi connectivity index (χ4n) is 1.24. The second-order valence-corrected chi connectivity index (χ2v) is 3.44. The van der Waals surface area contributed by atoms with Crippen molar-refractivity contribution in [2.75, 3.05) is 12.0 Å². The van der Waals surface area contributed by atoms with Gasteiger partial charge in [0.1, 0.15) is 5.52 Å². The molecule has 2 aromatic heterocycles. The SMILES string of the molecule is CCNn1ccc2scc(O)c21. The Morgan fingerprint density at radius 3 is 3.25 bits per heavy atom. The number of fused-ring (bicyclic) bond motifs is 1. The first-order chi connectivity index (χ1) is 5.83. The summed E-state index contributed by atoms with van der Waals surface area (Å²) in [6.45, 7) is 2.87. The Morgan fingerprint density at radius 2 is 2.50 bits per heavy atom. The number of thiophene rings is 1. The Hall–Kier alpha value is -1.16. The summed E-state index contributed by atoms with van der Waals surface area (Å²) < 4.78 is 2.95. The lowest BCUT2D eigenvalue weighted by Gasteiger charge is -2.04. The molecule has 0 amide bonds. The Kier molecular flexibility index (Phi) is 1.69. The number of nitrogens with one attached hydrogen (secondary N) is 1. The Labute approximate surface area is 74.2 Å². The predicted octanol–water partition coefficient (Wildman–Crippen LogP) is 1.97. The Balaban J connectivity index is 2.59.